The van der Waals surface area contributed by atoms with Gasteiger partial charge >= 0.3 is 0 Å². The van der Waals surface area contributed by atoms with Gasteiger partial charge in [0.1, 0.15) is 12.4 Å². The second kappa shape index (κ2) is 6.83. The third-order valence-corrected chi connectivity index (χ3v) is 4.09. The summed E-state index contributed by atoms with van der Waals surface area (Å²) in [5, 5.41) is 6.15. The lowest BCUT2D eigenvalue weighted by atomic mass is 10.2. The average molecular weight is 378 g/mol. The van der Waals surface area contributed by atoms with Crippen molar-refractivity contribution in [2.75, 3.05) is 0 Å². The minimum absolute atomic E-state index is 0.421. The first-order chi connectivity index (χ1) is 9.55. The summed E-state index contributed by atoms with van der Waals surface area (Å²) < 4.78 is 7.69. The summed E-state index contributed by atoms with van der Waals surface area (Å²) in [6.07, 6.45) is 0.905. The first kappa shape index (κ1) is 15.7. The Hall–Kier alpha value is -0.710. The molecule has 2 rings (SSSR count). The van der Waals surface area contributed by atoms with Gasteiger partial charge in [0.05, 0.1) is 16.4 Å². The van der Waals surface area contributed by atoms with Crippen LogP contribution in [0.5, 0.6) is 5.75 Å². The third-order valence-electron chi connectivity index (χ3n) is 2.98. The number of aromatic nitrogens is 2. The molecule has 0 aliphatic heterocycles. The van der Waals surface area contributed by atoms with E-state index < -0.39 is 0 Å². The van der Waals surface area contributed by atoms with Gasteiger partial charge in [-0.25, -0.2) is 0 Å². The van der Waals surface area contributed by atoms with Crippen LogP contribution in [0.1, 0.15) is 23.9 Å². The van der Waals surface area contributed by atoms with Crippen molar-refractivity contribution in [3.63, 3.8) is 0 Å². The summed E-state index contributed by atoms with van der Waals surface area (Å²) >= 11 is 15.6. The smallest absolute Gasteiger partial charge is 0.142 e. The van der Waals surface area contributed by atoms with Crippen LogP contribution in [0.15, 0.2) is 18.2 Å². The Bertz CT molecular complexity index is 613. The molecule has 0 spiro atoms. The Morgan fingerprint density at radius 1 is 1.30 bits per heavy atom. The largest absolute Gasteiger partial charge is 0.485 e. The SMILES string of the molecule is CCc1cc(COc2c(Cl)cc(Cl)cc2CBr)n(C)n1. The highest BCUT2D eigenvalue weighted by Gasteiger charge is 2.12. The van der Waals surface area contributed by atoms with E-state index in [1.807, 2.05) is 23.9 Å². The first-order valence-corrected chi connectivity index (χ1v) is 8.11. The number of hydrogen-bond acceptors (Lipinski definition) is 2. The Kier molecular flexibility index (Phi) is 5.35. The Morgan fingerprint density at radius 2 is 2.05 bits per heavy atom. The first-order valence-electron chi connectivity index (χ1n) is 6.23. The monoisotopic (exact) mass is 376 g/mol. The number of ether oxygens (including phenoxy) is 1. The summed E-state index contributed by atoms with van der Waals surface area (Å²) in [6.45, 7) is 2.50. The van der Waals surface area contributed by atoms with Crippen LogP contribution in [0.3, 0.4) is 0 Å². The predicted molar refractivity (Wildman–Crippen MR) is 86.0 cm³/mol. The van der Waals surface area contributed by atoms with Crippen LogP contribution in [0.2, 0.25) is 10.0 Å². The molecule has 3 nitrogen and oxygen atoms in total. The van der Waals surface area contributed by atoms with E-state index in [0.29, 0.717) is 27.7 Å². The Labute approximate surface area is 137 Å². The van der Waals surface area contributed by atoms with Gasteiger partial charge in [-0.15, -0.1) is 0 Å². The number of rotatable bonds is 5. The molecular formula is C14H15BrCl2N2O. The minimum atomic E-state index is 0.421. The van der Waals surface area contributed by atoms with Crippen molar-refractivity contribution in [1.29, 1.82) is 0 Å². The molecule has 0 saturated carbocycles. The van der Waals surface area contributed by atoms with Crippen molar-refractivity contribution in [3.8, 4) is 5.75 Å². The van der Waals surface area contributed by atoms with E-state index in [-0.39, 0.29) is 0 Å². The second-order valence-electron chi connectivity index (χ2n) is 4.40. The molecular weight excluding hydrogens is 363 g/mol. The molecule has 0 aliphatic rings. The van der Waals surface area contributed by atoms with E-state index >= 15 is 0 Å². The number of halogens is 3. The molecule has 0 N–H and O–H groups in total. The quantitative estimate of drug-likeness (QED) is 0.702. The molecule has 20 heavy (non-hydrogen) atoms. The van der Waals surface area contributed by atoms with Crippen molar-refractivity contribution in [3.05, 3.63) is 45.2 Å². The molecule has 0 radical (unpaired) electrons. The molecule has 0 saturated heterocycles. The molecule has 2 aromatic rings. The summed E-state index contributed by atoms with van der Waals surface area (Å²) in [7, 11) is 1.91. The van der Waals surface area contributed by atoms with Crippen LogP contribution >= 0.6 is 39.1 Å². The van der Waals surface area contributed by atoms with Gasteiger partial charge in [-0.2, -0.15) is 5.10 Å². The number of benzene rings is 1. The number of alkyl halides is 1. The highest BCUT2D eigenvalue weighted by atomic mass is 79.9. The van der Waals surface area contributed by atoms with E-state index in [1.54, 1.807) is 6.07 Å². The minimum Gasteiger partial charge on any atom is -0.485 e. The molecule has 0 aliphatic carbocycles. The average Bonchev–Trinajstić information content (AvgIpc) is 2.77. The fourth-order valence-electron chi connectivity index (χ4n) is 1.90. The lowest BCUT2D eigenvalue weighted by Crippen LogP contribution is -2.04. The van der Waals surface area contributed by atoms with Crippen molar-refractivity contribution < 1.29 is 4.74 Å². The Balaban J connectivity index is 2.20. The zero-order valence-corrected chi connectivity index (χ0v) is 14.4. The van der Waals surface area contributed by atoms with E-state index in [4.69, 9.17) is 27.9 Å². The molecule has 0 atom stereocenters. The summed E-state index contributed by atoms with van der Waals surface area (Å²) in [5.74, 6) is 0.659. The summed E-state index contributed by atoms with van der Waals surface area (Å²) in [5.41, 5.74) is 2.99. The van der Waals surface area contributed by atoms with E-state index in [2.05, 4.69) is 28.0 Å². The van der Waals surface area contributed by atoms with Crippen LogP contribution in [-0.2, 0) is 25.4 Å². The molecule has 1 heterocycles. The van der Waals surface area contributed by atoms with Gasteiger partial charge < -0.3 is 4.74 Å². The molecule has 0 bridgehead atoms. The molecule has 0 amide bonds. The van der Waals surface area contributed by atoms with Gasteiger partial charge in [-0.3, -0.25) is 4.68 Å². The third kappa shape index (κ3) is 3.48. The van der Waals surface area contributed by atoms with Crippen molar-refractivity contribution in [2.24, 2.45) is 7.05 Å². The van der Waals surface area contributed by atoms with Gasteiger partial charge in [0, 0.05) is 23.0 Å². The maximum atomic E-state index is 6.20. The summed E-state index contributed by atoms with van der Waals surface area (Å²) in [4.78, 5) is 0. The Morgan fingerprint density at radius 3 is 2.65 bits per heavy atom. The zero-order valence-electron chi connectivity index (χ0n) is 11.3. The normalized spacial score (nSPS) is 10.8. The predicted octanol–water partition coefficient (Wildman–Crippen LogP) is 4.76. The van der Waals surface area contributed by atoms with Gasteiger partial charge in [-0.1, -0.05) is 46.1 Å². The van der Waals surface area contributed by atoms with Crippen LogP contribution in [0.4, 0.5) is 0 Å². The van der Waals surface area contributed by atoms with Crippen LogP contribution in [0.25, 0.3) is 0 Å². The molecule has 1 aromatic heterocycles. The zero-order chi connectivity index (χ0) is 14.7. The van der Waals surface area contributed by atoms with E-state index in [9.17, 15) is 0 Å². The lowest BCUT2D eigenvalue weighted by molar-refractivity contribution is 0.293. The fraction of sp³-hybridized carbons (Fsp3) is 0.357. The fourth-order valence-corrected chi connectivity index (χ4v) is 2.91. The lowest BCUT2D eigenvalue weighted by Gasteiger charge is -2.12. The summed E-state index contributed by atoms with van der Waals surface area (Å²) in [6, 6.07) is 5.57. The maximum Gasteiger partial charge on any atom is 0.142 e. The molecule has 1 aromatic carbocycles. The van der Waals surface area contributed by atoms with E-state index in [1.165, 1.54) is 0 Å². The van der Waals surface area contributed by atoms with Crippen molar-refractivity contribution in [1.82, 2.24) is 9.78 Å². The second-order valence-corrected chi connectivity index (χ2v) is 5.81. The van der Waals surface area contributed by atoms with Crippen molar-refractivity contribution >= 4 is 39.1 Å². The molecule has 108 valence electrons. The van der Waals surface area contributed by atoms with Gasteiger partial charge in [0.2, 0.25) is 0 Å². The van der Waals surface area contributed by atoms with Gasteiger partial charge in [0.15, 0.2) is 0 Å². The van der Waals surface area contributed by atoms with Crippen LogP contribution in [-0.4, -0.2) is 9.78 Å². The van der Waals surface area contributed by atoms with Gasteiger partial charge in [0.25, 0.3) is 0 Å². The molecule has 0 unspecified atom stereocenters. The molecule has 6 heteroatoms. The maximum absolute atomic E-state index is 6.20. The van der Waals surface area contributed by atoms with Gasteiger partial charge in [-0.05, 0) is 24.6 Å². The van der Waals surface area contributed by atoms with Crippen LogP contribution in [0, 0.1) is 0 Å². The number of nitrogens with zero attached hydrogens (tertiary/aromatic N) is 2. The van der Waals surface area contributed by atoms with Crippen LogP contribution < -0.4 is 4.74 Å². The highest BCUT2D eigenvalue weighted by molar-refractivity contribution is 9.08. The standard InChI is InChI=1S/C14H15BrCl2N2O/c1-3-11-6-12(19(2)18-11)8-20-14-9(7-15)4-10(16)5-13(14)17/h4-6H,3,7-8H2,1-2H3. The molecule has 0 fully saturated rings. The number of hydrogen-bond donors (Lipinski definition) is 0. The highest BCUT2D eigenvalue weighted by Crippen LogP contribution is 2.34. The van der Waals surface area contributed by atoms with E-state index in [0.717, 1.165) is 23.4 Å². The number of aryl methyl sites for hydroxylation is 2. The topological polar surface area (TPSA) is 27.1 Å². The van der Waals surface area contributed by atoms with Crippen molar-refractivity contribution in [2.45, 2.75) is 25.3 Å².